The topological polar surface area (TPSA) is 92.1 Å². The van der Waals surface area contributed by atoms with Crippen LogP contribution in [-0.2, 0) is 0 Å². The molecule has 654 valence electrons. The molecule has 0 spiro atoms. The highest BCUT2D eigenvalue weighted by Gasteiger charge is 2.26. The van der Waals surface area contributed by atoms with Crippen molar-refractivity contribution in [2.75, 3.05) is 0 Å². The minimum Gasteiger partial charge on any atom is -0.309 e. The average Bonchev–Trinajstić information content (AvgIpc) is 1.56. The van der Waals surface area contributed by atoms with E-state index in [4.69, 9.17) is 29.9 Å². The van der Waals surface area contributed by atoms with Gasteiger partial charge in [-0.05, 0) is 188 Å². The van der Waals surface area contributed by atoms with Crippen LogP contribution in [0.15, 0.2) is 491 Å². The van der Waals surface area contributed by atoms with Crippen LogP contribution in [0.5, 0.6) is 0 Å². The van der Waals surface area contributed by atoms with E-state index in [9.17, 15) is 0 Å². The molecule has 30 rings (SSSR count). The maximum atomic E-state index is 5.48. The van der Waals surface area contributed by atoms with Crippen molar-refractivity contribution >= 4 is 195 Å². The zero-order chi connectivity index (χ0) is 92.7. The summed E-state index contributed by atoms with van der Waals surface area (Å²) in [6.07, 6.45) is 0. The molecule has 0 N–H and O–H groups in total. The molecule has 0 aliphatic heterocycles. The SMILES string of the molecule is c1ccc(-c2ccc(-c3nc4ccccc4nc3-n3c4ccccc4c4cc5c(ccc6ccc7ccccc7c65)cc43)cc2)cc1.c1ccc(-c2nc(-c3ccccc3)c3cc(-n4c5ccccc5c5cc6c(ccc7ccc8ccccc8c76)cc54)ccc3n2)cc1.c1ccc(-c2nc3cccc(-n4c5ccccc5c5ccc6c(ccc7ccc8ccccc8c76)c54)c3nc2-c2ccccc2)cc1. The molecule has 0 amide bonds. The smallest absolute Gasteiger partial charge is 0.165 e. The van der Waals surface area contributed by atoms with Gasteiger partial charge in [-0.3, -0.25) is 4.57 Å². The number of hydrogen-bond acceptors (Lipinski definition) is 6. The van der Waals surface area contributed by atoms with Crippen molar-refractivity contribution < 1.29 is 0 Å². The van der Waals surface area contributed by atoms with Crippen LogP contribution in [-0.4, -0.2) is 43.6 Å². The van der Waals surface area contributed by atoms with Crippen molar-refractivity contribution in [3.05, 3.63) is 491 Å². The van der Waals surface area contributed by atoms with Gasteiger partial charge < -0.3 is 9.13 Å². The van der Waals surface area contributed by atoms with E-state index in [1.807, 2.05) is 54.6 Å². The third-order valence-electron chi connectivity index (χ3n) is 28.6. The Morgan fingerprint density at radius 3 is 1.09 bits per heavy atom. The normalized spacial score (nSPS) is 11.8. The van der Waals surface area contributed by atoms with E-state index < -0.39 is 0 Å². The van der Waals surface area contributed by atoms with Gasteiger partial charge in [0.2, 0.25) is 0 Å². The average molecular weight is 1790 g/mol. The number of aromatic nitrogens is 9. The molecule has 0 saturated carbocycles. The van der Waals surface area contributed by atoms with Crippen molar-refractivity contribution in [1.82, 2.24) is 43.6 Å². The summed E-state index contributed by atoms with van der Waals surface area (Å²) in [6, 6.07) is 175. The van der Waals surface area contributed by atoms with E-state index in [0.29, 0.717) is 0 Å². The molecule has 0 unspecified atom stereocenters. The maximum absolute atomic E-state index is 5.48. The highest BCUT2D eigenvalue weighted by molar-refractivity contribution is 6.30. The fraction of sp³-hybridized carbons (Fsp3) is 0. The summed E-state index contributed by atoms with van der Waals surface area (Å²) in [5, 5.41) is 31.0. The number of nitrogens with zero attached hydrogens (tertiary/aromatic N) is 9. The Labute approximate surface area is 809 Å². The highest BCUT2D eigenvalue weighted by atomic mass is 15.1. The Hall–Kier alpha value is -19.0. The Balaban J connectivity index is 0.000000104. The van der Waals surface area contributed by atoms with Crippen LogP contribution < -0.4 is 0 Å². The summed E-state index contributed by atoms with van der Waals surface area (Å²) >= 11 is 0. The van der Waals surface area contributed by atoms with Crippen molar-refractivity contribution in [2.45, 2.75) is 0 Å². The van der Waals surface area contributed by atoms with E-state index >= 15 is 0 Å². The van der Waals surface area contributed by atoms with E-state index in [-0.39, 0.29) is 0 Å². The van der Waals surface area contributed by atoms with Crippen LogP contribution in [0, 0.1) is 0 Å². The van der Waals surface area contributed by atoms with Gasteiger partial charge in [-0.15, -0.1) is 0 Å². The molecule has 0 aliphatic rings. The summed E-state index contributed by atoms with van der Waals surface area (Å²) in [5.41, 5.74) is 24.5. The number of hydrogen-bond donors (Lipinski definition) is 0. The first-order chi connectivity index (χ1) is 69.9. The fourth-order valence-corrected chi connectivity index (χ4v) is 22.1. The van der Waals surface area contributed by atoms with Gasteiger partial charge in [0.25, 0.3) is 0 Å². The molecule has 24 aromatic carbocycles. The monoisotopic (exact) mass is 1790 g/mol. The van der Waals surface area contributed by atoms with Crippen molar-refractivity contribution in [2.24, 2.45) is 0 Å². The second kappa shape index (κ2) is 33.0. The van der Waals surface area contributed by atoms with Crippen LogP contribution in [0.2, 0.25) is 0 Å². The molecule has 9 heteroatoms. The molecule has 141 heavy (non-hydrogen) atoms. The van der Waals surface area contributed by atoms with E-state index in [0.717, 1.165) is 123 Å². The first-order valence-corrected chi connectivity index (χ1v) is 48.0. The zero-order valence-corrected chi connectivity index (χ0v) is 76.3. The standard InChI is InChI=1S/3C44H27N3/c1-3-13-30(14-4-1)41-42(31-15-5-2-6-16-31)46-43-37(45-41)19-11-21-39(43)47-38-20-10-9-18-33(38)35-27-26-34-36(44(35)47)25-24-29-23-22-28-12-7-8-17-32(28)40(29)34;1-3-12-30(13-4-1)43-38-26-33(23-24-39(38)45-44(46-43)31-14-5-2-6-15-31)47-40-18-10-9-17-35(40)37-27-36-32(25-41(37)47)22-21-29-20-19-28-11-7-8-16-34(28)42(29)36;1-2-10-28(11-3-1)29-18-23-32(24-19-29)43-44(46-39-16-8-7-15-38(39)45-43)47-40-17-9-6-14-35(40)37-27-36-33(26-41(37)47)25-22-31-21-20-30-12-4-5-13-34(30)42(31)36/h3*1-27H. The Morgan fingerprint density at radius 1 is 0.156 bits per heavy atom. The molecule has 0 saturated heterocycles. The number of fused-ring (bicyclic) bond motifs is 28. The fourth-order valence-electron chi connectivity index (χ4n) is 22.1. The lowest BCUT2D eigenvalue weighted by atomic mass is 9.95. The third kappa shape index (κ3) is 13.4. The zero-order valence-electron chi connectivity index (χ0n) is 76.3. The second-order valence-corrected chi connectivity index (χ2v) is 36.6. The molecule has 6 heterocycles. The van der Waals surface area contributed by atoms with E-state index in [1.54, 1.807) is 0 Å². The molecule has 6 aromatic heterocycles. The Kier molecular flexibility index (Phi) is 18.8. The van der Waals surface area contributed by atoms with E-state index in [1.165, 1.54) is 157 Å². The highest BCUT2D eigenvalue weighted by Crippen LogP contribution is 2.48. The lowest BCUT2D eigenvalue weighted by molar-refractivity contribution is 1.08. The van der Waals surface area contributed by atoms with Gasteiger partial charge in [0.15, 0.2) is 11.6 Å². The largest absolute Gasteiger partial charge is 0.309 e. The lowest BCUT2D eigenvalue weighted by Gasteiger charge is -2.16. The van der Waals surface area contributed by atoms with Crippen molar-refractivity contribution in [3.8, 4) is 84.7 Å². The van der Waals surface area contributed by atoms with Gasteiger partial charge in [-0.1, -0.05) is 406 Å². The molecule has 0 bridgehead atoms. The van der Waals surface area contributed by atoms with Gasteiger partial charge in [0.05, 0.1) is 77.9 Å². The van der Waals surface area contributed by atoms with Crippen LogP contribution in [0.25, 0.3) is 280 Å². The molecule has 0 fully saturated rings. The first-order valence-electron chi connectivity index (χ1n) is 48.0. The summed E-state index contributed by atoms with van der Waals surface area (Å²) < 4.78 is 7.13. The lowest BCUT2D eigenvalue weighted by Crippen LogP contribution is -2.03. The van der Waals surface area contributed by atoms with Gasteiger partial charge in [0.1, 0.15) is 11.2 Å². The van der Waals surface area contributed by atoms with Gasteiger partial charge in [-0.2, -0.15) is 0 Å². The molecule has 30 aromatic rings. The number of para-hydroxylation sites is 6. The minimum absolute atomic E-state index is 0.729. The summed E-state index contributed by atoms with van der Waals surface area (Å²) in [4.78, 5) is 31.6. The molecule has 0 radical (unpaired) electrons. The van der Waals surface area contributed by atoms with Crippen LogP contribution in [0.3, 0.4) is 0 Å². The van der Waals surface area contributed by atoms with Crippen molar-refractivity contribution in [3.63, 3.8) is 0 Å². The predicted octanol–water partition coefficient (Wildman–Crippen LogP) is 34.6. The molecular weight excluding hydrogens is 1710 g/mol. The summed E-state index contributed by atoms with van der Waals surface area (Å²) in [7, 11) is 0. The molecule has 0 atom stereocenters. The second-order valence-electron chi connectivity index (χ2n) is 36.6. The van der Waals surface area contributed by atoms with Gasteiger partial charge in [0, 0.05) is 76.6 Å². The third-order valence-corrected chi connectivity index (χ3v) is 28.6. The maximum Gasteiger partial charge on any atom is 0.165 e. The Bertz CT molecular complexity index is 10400. The predicted molar refractivity (Wildman–Crippen MR) is 592 cm³/mol. The quantitative estimate of drug-likeness (QED) is 0.134. The molecular formula is C132H81N9. The van der Waals surface area contributed by atoms with Gasteiger partial charge in [-0.25, -0.2) is 29.9 Å². The first kappa shape index (κ1) is 80.5. The number of rotatable bonds is 9. The van der Waals surface area contributed by atoms with Crippen LogP contribution >= 0.6 is 0 Å². The summed E-state index contributed by atoms with van der Waals surface area (Å²) in [5.74, 6) is 1.56. The number of benzene rings is 24. The van der Waals surface area contributed by atoms with Crippen molar-refractivity contribution in [1.29, 1.82) is 0 Å². The van der Waals surface area contributed by atoms with Gasteiger partial charge >= 0.3 is 0 Å². The van der Waals surface area contributed by atoms with Crippen LogP contribution in [0.1, 0.15) is 0 Å². The molecule has 0 aliphatic carbocycles. The van der Waals surface area contributed by atoms with E-state index in [2.05, 4.69) is 450 Å². The minimum atomic E-state index is 0.729. The Morgan fingerprint density at radius 2 is 0.532 bits per heavy atom. The molecule has 9 nitrogen and oxygen atoms in total. The summed E-state index contributed by atoms with van der Waals surface area (Å²) in [6.45, 7) is 0. The van der Waals surface area contributed by atoms with Crippen LogP contribution in [0.4, 0.5) is 0 Å².